The van der Waals surface area contributed by atoms with Crippen molar-refractivity contribution in [3.05, 3.63) is 29.6 Å². The van der Waals surface area contributed by atoms with Gasteiger partial charge in [0.1, 0.15) is 5.82 Å². The zero-order valence-electron chi connectivity index (χ0n) is 14.0. The number of aryl methyl sites for hydroxylation is 1. The van der Waals surface area contributed by atoms with Crippen LogP contribution in [0.5, 0.6) is 0 Å². The Morgan fingerprint density at radius 2 is 1.88 bits per heavy atom. The maximum Gasteiger partial charge on any atom is 0.240 e. The lowest BCUT2D eigenvalue weighted by atomic mass is 10.2. The number of hydrogen-bond acceptors (Lipinski definition) is 5. The highest BCUT2D eigenvalue weighted by Gasteiger charge is 2.20. The monoisotopic (exact) mass is 382 g/mol. The Morgan fingerprint density at radius 3 is 2.42 bits per heavy atom. The normalized spacial score (nSPS) is 12.7. The molecular formula is C14H23FN2O5S2. The number of hydrogen-bond donors (Lipinski definition) is 1. The fourth-order valence-electron chi connectivity index (χ4n) is 2.13. The summed E-state index contributed by atoms with van der Waals surface area (Å²) in [5.74, 6) is -0.521. The van der Waals surface area contributed by atoms with Crippen LogP contribution in [0.25, 0.3) is 0 Å². The molecule has 0 atom stereocenters. The van der Waals surface area contributed by atoms with Crippen LogP contribution < -0.4 is 4.72 Å². The summed E-state index contributed by atoms with van der Waals surface area (Å²) in [4.78, 5) is -0.0332. The van der Waals surface area contributed by atoms with Gasteiger partial charge in [-0.1, -0.05) is 0 Å². The van der Waals surface area contributed by atoms with Crippen molar-refractivity contribution in [3.63, 3.8) is 0 Å². The fraction of sp³-hybridized carbons (Fsp3) is 0.571. The lowest BCUT2D eigenvalue weighted by molar-refractivity contribution is 0.187. The molecule has 1 N–H and O–H groups in total. The minimum Gasteiger partial charge on any atom is -0.385 e. The van der Waals surface area contributed by atoms with Gasteiger partial charge in [0.05, 0.1) is 11.2 Å². The molecule has 0 aromatic heterocycles. The smallest absolute Gasteiger partial charge is 0.240 e. The summed E-state index contributed by atoms with van der Waals surface area (Å²) >= 11 is 0. The lowest BCUT2D eigenvalue weighted by Gasteiger charge is -2.20. The first-order valence-electron chi connectivity index (χ1n) is 7.28. The van der Waals surface area contributed by atoms with Gasteiger partial charge >= 0.3 is 0 Å². The number of halogens is 1. The minimum absolute atomic E-state index is 0.00200. The minimum atomic E-state index is -3.84. The third-order valence-corrected chi connectivity index (χ3v) is 6.23. The summed E-state index contributed by atoms with van der Waals surface area (Å²) in [5, 5.41) is 0. The molecule has 10 heteroatoms. The van der Waals surface area contributed by atoms with Crippen molar-refractivity contribution in [2.24, 2.45) is 0 Å². The Labute approximate surface area is 142 Å². The van der Waals surface area contributed by atoms with E-state index in [4.69, 9.17) is 4.74 Å². The predicted molar refractivity (Wildman–Crippen MR) is 89.2 cm³/mol. The Balaban J connectivity index is 2.72. The second-order valence-corrected chi connectivity index (χ2v) is 9.03. The quantitative estimate of drug-likeness (QED) is 0.602. The standard InChI is InChI=1S/C14H23FN2O5S2/c1-12-11-13(15)5-6-14(12)24(20,21)16-7-9-17(23(3,18)19)8-4-10-22-2/h5-6,11,16H,4,7-10H2,1-3H3. The SMILES string of the molecule is COCCCN(CCNS(=O)(=O)c1ccc(F)cc1C)S(C)(=O)=O. The van der Waals surface area contributed by atoms with E-state index >= 15 is 0 Å². The van der Waals surface area contributed by atoms with Crippen LogP contribution in [0.1, 0.15) is 12.0 Å². The summed E-state index contributed by atoms with van der Waals surface area (Å²) in [7, 11) is -5.77. The highest BCUT2D eigenvalue weighted by atomic mass is 32.2. The van der Waals surface area contributed by atoms with Gasteiger partial charge in [0.2, 0.25) is 20.0 Å². The van der Waals surface area contributed by atoms with Crippen LogP contribution >= 0.6 is 0 Å². The summed E-state index contributed by atoms with van der Waals surface area (Å²) in [6, 6.07) is 3.37. The average Bonchev–Trinajstić information content (AvgIpc) is 2.44. The molecule has 0 bridgehead atoms. The van der Waals surface area contributed by atoms with Gasteiger partial charge in [-0.2, -0.15) is 0 Å². The highest BCUT2D eigenvalue weighted by molar-refractivity contribution is 7.89. The van der Waals surface area contributed by atoms with E-state index in [-0.39, 0.29) is 30.1 Å². The maximum atomic E-state index is 13.1. The van der Waals surface area contributed by atoms with E-state index in [1.807, 2.05) is 0 Å². The number of nitrogens with one attached hydrogen (secondary N) is 1. The number of nitrogens with zero attached hydrogens (tertiary/aromatic N) is 1. The highest BCUT2D eigenvalue weighted by Crippen LogP contribution is 2.15. The Kier molecular flexibility index (Phi) is 7.74. The van der Waals surface area contributed by atoms with Crippen LogP contribution in [0, 0.1) is 12.7 Å². The molecule has 1 rings (SSSR count). The van der Waals surface area contributed by atoms with Crippen molar-refractivity contribution in [2.75, 3.05) is 39.6 Å². The Hall–Kier alpha value is -1.07. The van der Waals surface area contributed by atoms with Gasteiger partial charge in [-0.3, -0.25) is 0 Å². The van der Waals surface area contributed by atoms with E-state index in [1.165, 1.54) is 24.4 Å². The molecule has 1 aromatic carbocycles. The number of sulfonamides is 2. The summed E-state index contributed by atoms with van der Waals surface area (Å²) in [6.07, 6.45) is 1.58. The third-order valence-electron chi connectivity index (χ3n) is 3.30. The van der Waals surface area contributed by atoms with E-state index in [1.54, 1.807) is 0 Å². The first-order chi connectivity index (χ1) is 11.1. The first-order valence-corrected chi connectivity index (χ1v) is 10.6. The lowest BCUT2D eigenvalue weighted by Crippen LogP contribution is -2.39. The number of ether oxygens (including phenoxy) is 1. The molecular weight excluding hydrogens is 359 g/mol. The molecule has 138 valence electrons. The zero-order chi connectivity index (χ0) is 18.4. The second kappa shape index (κ2) is 8.86. The number of methoxy groups -OCH3 is 1. The van der Waals surface area contributed by atoms with E-state index in [9.17, 15) is 21.2 Å². The van der Waals surface area contributed by atoms with Crippen molar-refractivity contribution in [3.8, 4) is 0 Å². The van der Waals surface area contributed by atoms with Crippen molar-refractivity contribution in [1.82, 2.24) is 9.03 Å². The van der Waals surface area contributed by atoms with Gasteiger partial charge in [-0.15, -0.1) is 0 Å². The molecule has 1 aromatic rings. The maximum absolute atomic E-state index is 13.1. The topological polar surface area (TPSA) is 92.8 Å². The zero-order valence-corrected chi connectivity index (χ0v) is 15.6. The van der Waals surface area contributed by atoms with Crippen molar-refractivity contribution >= 4 is 20.0 Å². The molecule has 0 aliphatic carbocycles. The Bertz CT molecular complexity index is 750. The molecule has 7 nitrogen and oxygen atoms in total. The van der Waals surface area contributed by atoms with Crippen LogP contribution in [0.15, 0.2) is 23.1 Å². The van der Waals surface area contributed by atoms with Gasteiger partial charge < -0.3 is 4.74 Å². The van der Waals surface area contributed by atoms with E-state index in [0.29, 0.717) is 13.0 Å². The van der Waals surface area contributed by atoms with Crippen LogP contribution in [-0.2, 0) is 24.8 Å². The fourth-order valence-corrected chi connectivity index (χ4v) is 4.25. The van der Waals surface area contributed by atoms with Crippen molar-refractivity contribution in [2.45, 2.75) is 18.2 Å². The number of rotatable bonds is 10. The van der Waals surface area contributed by atoms with Crippen molar-refractivity contribution < 1.29 is 26.0 Å². The van der Waals surface area contributed by atoms with E-state index in [2.05, 4.69) is 4.72 Å². The molecule has 0 aliphatic heterocycles. The van der Waals surface area contributed by atoms with Gasteiger partial charge in [0.15, 0.2) is 0 Å². The Morgan fingerprint density at radius 1 is 1.21 bits per heavy atom. The molecule has 0 heterocycles. The third kappa shape index (κ3) is 6.44. The second-order valence-electron chi connectivity index (χ2n) is 5.32. The first kappa shape index (κ1) is 21.0. The van der Waals surface area contributed by atoms with Crippen molar-refractivity contribution in [1.29, 1.82) is 0 Å². The predicted octanol–water partition coefficient (Wildman–Crippen LogP) is 0.711. The van der Waals surface area contributed by atoms with Gasteiger partial charge in [-0.05, 0) is 37.1 Å². The van der Waals surface area contributed by atoms with Crippen LogP contribution in [0.2, 0.25) is 0 Å². The molecule has 0 saturated carbocycles. The molecule has 0 saturated heterocycles. The van der Waals surface area contributed by atoms with Gasteiger partial charge in [-0.25, -0.2) is 30.3 Å². The van der Waals surface area contributed by atoms with E-state index < -0.39 is 25.9 Å². The molecule has 0 unspecified atom stereocenters. The summed E-state index contributed by atoms with van der Waals surface area (Å²) in [6.45, 7) is 2.06. The molecule has 24 heavy (non-hydrogen) atoms. The largest absolute Gasteiger partial charge is 0.385 e. The molecule has 0 aliphatic rings. The average molecular weight is 382 g/mol. The summed E-state index contributed by atoms with van der Waals surface area (Å²) < 4.78 is 69.4. The van der Waals surface area contributed by atoms with Crippen LogP contribution in [0.3, 0.4) is 0 Å². The molecule has 0 fully saturated rings. The molecule has 0 amide bonds. The summed E-state index contributed by atoms with van der Waals surface area (Å²) in [5.41, 5.74) is 0.280. The number of benzene rings is 1. The molecule has 0 spiro atoms. The van der Waals surface area contributed by atoms with E-state index in [0.717, 1.165) is 18.4 Å². The van der Waals surface area contributed by atoms with Crippen LogP contribution in [0.4, 0.5) is 4.39 Å². The van der Waals surface area contributed by atoms with Gasteiger partial charge in [0.25, 0.3) is 0 Å². The molecule has 0 radical (unpaired) electrons. The van der Waals surface area contributed by atoms with Gasteiger partial charge in [0, 0.05) is 33.4 Å². The van der Waals surface area contributed by atoms with Crippen LogP contribution in [-0.4, -0.2) is 60.7 Å².